The third-order valence-corrected chi connectivity index (χ3v) is 6.06. The van der Waals surface area contributed by atoms with Gasteiger partial charge in [-0.3, -0.25) is 4.79 Å². The van der Waals surface area contributed by atoms with Crippen LogP contribution in [0.4, 0.5) is 5.82 Å². The lowest BCUT2D eigenvalue weighted by Gasteiger charge is -2.24. The monoisotopic (exact) mass is 446 g/mol. The number of anilines is 1. The van der Waals surface area contributed by atoms with Crippen molar-refractivity contribution in [3.8, 4) is 0 Å². The number of aryl methyl sites for hydroxylation is 2. The lowest BCUT2D eigenvalue weighted by atomic mass is 10.1. The van der Waals surface area contributed by atoms with Crippen LogP contribution in [-0.2, 0) is 17.9 Å². The molecule has 0 aliphatic heterocycles. The van der Waals surface area contributed by atoms with Crippen molar-refractivity contribution in [2.24, 2.45) is 0 Å². The molecule has 0 saturated carbocycles. The summed E-state index contributed by atoms with van der Waals surface area (Å²) in [6.45, 7) is 8.31. The minimum atomic E-state index is -0.894. The van der Waals surface area contributed by atoms with E-state index in [4.69, 9.17) is 16.1 Å². The molecule has 3 rings (SSSR count). The van der Waals surface area contributed by atoms with E-state index in [9.17, 15) is 9.90 Å². The molecule has 158 valence electrons. The first-order valence-corrected chi connectivity index (χ1v) is 10.5. The number of carboxylic acid groups (broad SMARTS) is 1. The second-order valence-corrected chi connectivity index (χ2v) is 9.50. The van der Waals surface area contributed by atoms with E-state index in [0.29, 0.717) is 24.1 Å². The van der Waals surface area contributed by atoms with E-state index in [2.05, 4.69) is 20.0 Å². The SMILES string of the molecule is Cc1noc(C)c1CN(Cc1ccc(SC(C)(C)C(=O)O)cc1)c1cc(Cl)ncn1. The summed E-state index contributed by atoms with van der Waals surface area (Å²) in [5.41, 5.74) is 2.88. The number of carbonyl (C=O) groups is 1. The summed E-state index contributed by atoms with van der Waals surface area (Å²) in [6, 6.07) is 9.57. The third kappa shape index (κ3) is 5.31. The van der Waals surface area contributed by atoms with Crippen molar-refractivity contribution in [2.75, 3.05) is 4.90 Å². The van der Waals surface area contributed by atoms with Gasteiger partial charge >= 0.3 is 5.97 Å². The van der Waals surface area contributed by atoms with E-state index in [0.717, 1.165) is 27.5 Å². The highest BCUT2D eigenvalue weighted by atomic mass is 35.5. The first kappa shape index (κ1) is 22.1. The largest absolute Gasteiger partial charge is 0.480 e. The molecule has 0 fully saturated rings. The van der Waals surface area contributed by atoms with Crippen molar-refractivity contribution >= 4 is 35.1 Å². The molecule has 0 aliphatic carbocycles. The fraction of sp³-hybridized carbons (Fsp3) is 0.333. The van der Waals surface area contributed by atoms with Gasteiger partial charge in [0.25, 0.3) is 0 Å². The standard InChI is InChI=1S/C21H23ClN4O3S/c1-13-17(14(2)29-25-13)11-26(19-9-18(22)23-12-24-19)10-15-5-7-16(8-6-15)30-21(3,4)20(27)28/h5-9,12H,10-11H2,1-4H3,(H,27,28). The quantitative estimate of drug-likeness (QED) is 0.386. The Labute approximate surface area is 184 Å². The zero-order chi connectivity index (χ0) is 21.9. The van der Waals surface area contributed by atoms with Gasteiger partial charge in [0.15, 0.2) is 0 Å². The molecule has 0 spiro atoms. The first-order chi connectivity index (χ1) is 14.2. The highest BCUT2D eigenvalue weighted by Crippen LogP contribution is 2.33. The van der Waals surface area contributed by atoms with E-state index >= 15 is 0 Å². The summed E-state index contributed by atoms with van der Waals surface area (Å²) >= 11 is 7.40. The van der Waals surface area contributed by atoms with Crippen LogP contribution in [0.25, 0.3) is 0 Å². The van der Waals surface area contributed by atoms with E-state index in [-0.39, 0.29) is 0 Å². The lowest BCUT2D eigenvalue weighted by Crippen LogP contribution is -2.26. The van der Waals surface area contributed by atoms with Crippen LogP contribution in [0, 0.1) is 13.8 Å². The van der Waals surface area contributed by atoms with Crippen LogP contribution in [0.3, 0.4) is 0 Å². The van der Waals surface area contributed by atoms with Crippen molar-refractivity contribution in [3.05, 3.63) is 64.4 Å². The Bertz CT molecular complexity index is 1020. The summed E-state index contributed by atoms with van der Waals surface area (Å²) in [6.07, 6.45) is 1.44. The molecule has 3 aromatic rings. The van der Waals surface area contributed by atoms with Crippen molar-refractivity contribution in [2.45, 2.75) is 50.4 Å². The van der Waals surface area contributed by atoms with Gasteiger partial charge in [0.2, 0.25) is 0 Å². The molecule has 2 heterocycles. The Balaban J connectivity index is 1.83. The highest BCUT2D eigenvalue weighted by molar-refractivity contribution is 8.01. The number of benzene rings is 1. The molecule has 1 N–H and O–H groups in total. The molecule has 0 unspecified atom stereocenters. The average Bonchev–Trinajstić information content (AvgIpc) is 3.00. The van der Waals surface area contributed by atoms with Gasteiger partial charge in [-0.1, -0.05) is 28.9 Å². The van der Waals surface area contributed by atoms with Crippen LogP contribution in [0.15, 0.2) is 46.1 Å². The summed E-state index contributed by atoms with van der Waals surface area (Å²) in [7, 11) is 0. The number of aliphatic carboxylic acids is 1. The average molecular weight is 447 g/mol. The van der Waals surface area contributed by atoms with Gasteiger partial charge in [0, 0.05) is 23.1 Å². The minimum absolute atomic E-state index is 0.367. The van der Waals surface area contributed by atoms with Gasteiger partial charge in [-0.25, -0.2) is 9.97 Å². The maximum absolute atomic E-state index is 11.4. The number of nitrogens with zero attached hydrogens (tertiary/aromatic N) is 4. The number of carboxylic acids is 1. The molecular weight excluding hydrogens is 424 g/mol. The summed E-state index contributed by atoms with van der Waals surface area (Å²) in [4.78, 5) is 22.7. The second kappa shape index (κ2) is 9.06. The zero-order valence-corrected chi connectivity index (χ0v) is 18.8. The molecule has 0 aliphatic rings. The molecule has 0 bridgehead atoms. The maximum Gasteiger partial charge on any atom is 0.319 e. The normalized spacial score (nSPS) is 11.5. The highest BCUT2D eigenvalue weighted by Gasteiger charge is 2.28. The Morgan fingerprint density at radius 3 is 2.47 bits per heavy atom. The van der Waals surface area contributed by atoms with Crippen LogP contribution < -0.4 is 4.90 Å². The molecule has 0 radical (unpaired) electrons. The van der Waals surface area contributed by atoms with Crippen LogP contribution in [0.2, 0.25) is 5.15 Å². The zero-order valence-electron chi connectivity index (χ0n) is 17.2. The van der Waals surface area contributed by atoms with Crippen LogP contribution in [-0.4, -0.2) is 30.9 Å². The van der Waals surface area contributed by atoms with Gasteiger partial charge in [0.05, 0.1) is 12.2 Å². The van der Waals surface area contributed by atoms with Crippen LogP contribution in [0.5, 0.6) is 0 Å². The summed E-state index contributed by atoms with van der Waals surface area (Å²) in [5, 5.41) is 13.7. The fourth-order valence-electron chi connectivity index (χ4n) is 2.86. The summed E-state index contributed by atoms with van der Waals surface area (Å²) < 4.78 is 4.41. The van der Waals surface area contributed by atoms with Gasteiger partial charge in [-0.15, -0.1) is 11.8 Å². The molecule has 2 aromatic heterocycles. The minimum Gasteiger partial charge on any atom is -0.480 e. The lowest BCUT2D eigenvalue weighted by molar-refractivity contribution is -0.138. The van der Waals surface area contributed by atoms with Gasteiger partial charge in [-0.2, -0.15) is 0 Å². The number of halogens is 1. The van der Waals surface area contributed by atoms with Crippen molar-refractivity contribution in [1.29, 1.82) is 0 Å². The number of rotatable bonds is 8. The van der Waals surface area contributed by atoms with Crippen LogP contribution in [0.1, 0.15) is 36.4 Å². The first-order valence-electron chi connectivity index (χ1n) is 9.31. The Morgan fingerprint density at radius 2 is 1.90 bits per heavy atom. The number of thioether (sulfide) groups is 1. The van der Waals surface area contributed by atoms with Gasteiger partial charge in [0.1, 0.15) is 27.8 Å². The molecule has 1 aromatic carbocycles. The predicted molar refractivity (Wildman–Crippen MR) is 117 cm³/mol. The van der Waals surface area contributed by atoms with E-state index in [1.807, 2.05) is 38.1 Å². The molecule has 30 heavy (non-hydrogen) atoms. The van der Waals surface area contributed by atoms with Crippen molar-refractivity contribution in [1.82, 2.24) is 15.1 Å². The summed E-state index contributed by atoms with van der Waals surface area (Å²) in [5.74, 6) is 0.614. The number of aromatic nitrogens is 3. The van der Waals surface area contributed by atoms with E-state index < -0.39 is 10.7 Å². The molecule has 0 saturated heterocycles. The molecule has 0 amide bonds. The topological polar surface area (TPSA) is 92.4 Å². The van der Waals surface area contributed by atoms with E-state index in [1.165, 1.54) is 18.1 Å². The molecular formula is C21H23ClN4O3S. The van der Waals surface area contributed by atoms with Gasteiger partial charge < -0.3 is 14.5 Å². The van der Waals surface area contributed by atoms with Crippen molar-refractivity contribution in [3.63, 3.8) is 0 Å². The van der Waals surface area contributed by atoms with E-state index in [1.54, 1.807) is 19.9 Å². The number of hydrogen-bond donors (Lipinski definition) is 1. The third-order valence-electron chi connectivity index (χ3n) is 4.66. The molecule has 7 nitrogen and oxygen atoms in total. The molecule has 0 atom stereocenters. The smallest absolute Gasteiger partial charge is 0.319 e. The van der Waals surface area contributed by atoms with Crippen LogP contribution >= 0.6 is 23.4 Å². The number of hydrogen-bond acceptors (Lipinski definition) is 7. The fourth-order valence-corrected chi connectivity index (χ4v) is 3.95. The second-order valence-electron chi connectivity index (χ2n) is 7.42. The van der Waals surface area contributed by atoms with Gasteiger partial charge in [-0.05, 0) is 45.4 Å². The predicted octanol–water partition coefficient (Wildman–Crippen LogP) is 4.90. The Kier molecular flexibility index (Phi) is 6.67. The maximum atomic E-state index is 11.4. The van der Waals surface area contributed by atoms with Crippen molar-refractivity contribution < 1.29 is 14.4 Å². The molecule has 9 heteroatoms. The Morgan fingerprint density at radius 1 is 1.20 bits per heavy atom. The Hall–Kier alpha value is -2.58.